The van der Waals surface area contributed by atoms with Crippen LogP contribution in [0.5, 0.6) is 0 Å². The van der Waals surface area contributed by atoms with E-state index in [2.05, 4.69) is 5.32 Å². The summed E-state index contributed by atoms with van der Waals surface area (Å²) in [5.41, 5.74) is 5.74. The van der Waals surface area contributed by atoms with Crippen LogP contribution in [0.3, 0.4) is 0 Å². The van der Waals surface area contributed by atoms with Gasteiger partial charge in [-0.25, -0.2) is 0 Å². The highest BCUT2D eigenvalue weighted by Gasteiger charge is 2.13. The van der Waals surface area contributed by atoms with Gasteiger partial charge in [0.2, 0.25) is 5.91 Å². The van der Waals surface area contributed by atoms with Crippen molar-refractivity contribution >= 4 is 11.6 Å². The van der Waals surface area contributed by atoms with Crippen molar-refractivity contribution in [2.45, 2.75) is 19.1 Å². The molecule has 2 atom stereocenters. The number of nitrogens with two attached hydrogens (primary N) is 1. The van der Waals surface area contributed by atoms with E-state index < -0.39 is 16.9 Å². The summed E-state index contributed by atoms with van der Waals surface area (Å²) in [6, 6.07) is 5.88. The third kappa shape index (κ3) is 3.79. The first-order chi connectivity index (χ1) is 8.41. The second-order valence-corrected chi connectivity index (χ2v) is 3.90. The van der Waals surface area contributed by atoms with Gasteiger partial charge in [-0.3, -0.25) is 14.9 Å². The van der Waals surface area contributed by atoms with E-state index in [1.54, 1.807) is 12.1 Å². The van der Waals surface area contributed by atoms with E-state index in [0.717, 1.165) is 5.56 Å². The van der Waals surface area contributed by atoms with E-state index in [0.29, 0.717) is 0 Å². The normalized spacial score (nSPS) is 13.9. The lowest BCUT2D eigenvalue weighted by atomic mass is 10.1. The zero-order chi connectivity index (χ0) is 13.7. The number of hydrogen-bond acceptors (Lipinski definition) is 5. The molecule has 1 aromatic carbocycles. The summed E-state index contributed by atoms with van der Waals surface area (Å²) < 4.78 is 0. The summed E-state index contributed by atoms with van der Waals surface area (Å²) in [6.45, 7) is 1.85. The van der Waals surface area contributed by atoms with Gasteiger partial charge in [-0.15, -0.1) is 0 Å². The molecule has 98 valence electrons. The molecule has 0 heterocycles. The van der Waals surface area contributed by atoms with Crippen molar-refractivity contribution in [3.05, 3.63) is 39.9 Å². The minimum absolute atomic E-state index is 0.0168. The number of aliphatic hydroxyl groups excluding tert-OH is 1. The molecule has 0 spiro atoms. The first kappa shape index (κ1) is 14.1. The van der Waals surface area contributed by atoms with E-state index in [1.807, 2.05) is 6.92 Å². The minimum atomic E-state index is -1.24. The van der Waals surface area contributed by atoms with E-state index in [9.17, 15) is 20.0 Å². The second-order valence-electron chi connectivity index (χ2n) is 3.90. The van der Waals surface area contributed by atoms with Gasteiger partial charge < -0.3 is 16.2 Å². The Morgan fingerprint density at radius 3 is 2.50 bits per heavy atom. The van der Waals surface area contributed by atoms with Gasteiger partial charge in [0.1, 0.15) is 6.10 Å². The van der Waals surface area contributed by atoms with Gasteiger partial charge in [-0.05, 0) is 12.5 Å². The summed E-state index contributed by atoms with van der Waals surface area (Å²) >= 11 is 0. The van der Waals surface area contributed by atoms with Gasteiger partial charge in [0, 0.05) is 24.7 Å². The molecule has 0 fully saturated rings. The van der Waals surface area contributed by atoms with E-state index in [1.165, 1.54) is 12.1 Å². The highest BCUT2D eigenvalue weighted by molar-refractivity contribution is 5.78. The Balaban J connectivity index is 2.59. The Kier molecular flexibility index (Phi) is 4.75. The number of nitro benzene ring substituents is 1. The van der Waals surface area contributed by atoms with Crippen molar-refractivity contribution in [3.8, 4) is 0 Å². The Bertz CT molecular complexity index is 432. The molecular weight excluding hydrogens is 238 g/mol. The quantitative estimate of drug-likeness (QED) is 0.490. The average molecular weight is 253 g/mol. The van der Waals surface area contributed by atoms with Crippen LogP contribution in [0.25, 0.3) is 0 Å². The van der Waals surface area contributed by atoms with Crippen LogP contribution >= 0.6 is 0 Å². The number of amides is 1. The van der Waals surface area contributed by atoms with Crippen molar-refractivity contribution in [2.75, 3.05) is 6.54 Å². The SMILES string of the molecule is CC(NCC(O)C(N)=O)c1ccc([N+](=O)[O-])cc1. The summed E-state index contributed by atoms with van der Waals surface area (Å²) in [5.74, 6) is -0.793. The Morgan fingerprint density at radius 1 is 1.50 bits per heavy atom. The number of nitrogens with zero attached hydrogens (tertiary/aromatic N) is 1. The first-order valence-corrected chi connectivity index (χ1v) is 5.37. The third-order valence-corrected chi connectivity index (χ3v) is 2.55. The molecule has 0 aliphatic carbocycles. The monoisotopic (exact) mass is 253 g/mol. The maximum Gasteiger partial charge on any atom is 0.269 e. The van der Waals surface area contributed by atoms with Crippen LogP contribution in [0.4, 0.5) is 5.69 Å². The van der Waals surface area contributed by atoms with Gasteiger partial charge >= 0.3 is 0 Å². The zero-order valence-electron chi connectivity index (χ0n) is 9.87. The molecule has 0 radical (unpaired) electrons. The number of benzene rings is 1. The molecule has 7 nitrogen and oxygen atoms in total. The van der Waals surface area contributed by atoms with E-state index in [-0.39, 0.29) is 18.3 Å². The zero-order valence-corrected chi connectivity index (χ0v) is 9.87. The molecule has 1 rings (SSSR count). The summed E-state index contributed by atoms with van der Waals surface area (Å²) in [5, 5.41) is 22.6. The second kappa shape index (κ2) is 6.08. The summed E-state index contributed by atoms with van der Waals surface area (Å²) in [6.07, 6.45) is -1.24. The van der Waals surface area contributed by atoms with E-state index in [4.69, 9.17) is 5.73 Å². The van der Waals surface area contributed by atoms with Crippen LogP contribution < -0.4 is 11.1 Å². The minimum Gasteiger partial charge on any atom is -0.382 e. The number of rotatable bonds is 6. The van der Waals surface area contributed by atoms with Gasteiger partial charge in [0.15, 0.2) is 0 Å². The number of nitro groups is 1. The summed E-state index contributed by atoms with van der Waals surface area (Å²) in [7, 11) is 0. The molecule has 0 aliphatic heterocycles. The third-order valence-electron chi connectivity index (χ3n) is 2.55. The highest BCUT2D eigenvalue weighted by Crippen LogP contribution is 2.17. The Labute approximate surface area is 104 Å². The molecule has 0 aromatic heterocycles. The maximum absolute atomic E-state index is 10.6. The van der Waals surface area contributed by atoms with Crippen molar-refractivity contribution in [1.29, 1.82) is 0 Å². The Hall–Kier alpha value is -1.99. The van der Waals surface area contributed by atoms with Gasteiger partial charge in [-0.2, -0.15) is 0 Å². The van der Waals surface area contributed by atoms with E-state index >= 15 is 0 Å². The van der Waals surface area contributed by atoms with Crippen molar-refractivity contribution < 1.29 is 14.8 Å². The van der Waals surface area contributed by atoms with Crippen LogP contribution in [0, 0.1) is 10.1 Å². The molecule has 0 saturated heterocycles. The number of non-ortho nitro benzene ring substituents is 1. The standard InChI is InChI=1S/C11H15N3O4/c1-7(13-6-10(15)11(12)16)8-2-4-9(5-3-8)14(17)18/h2-5,7,10,13,15H,6H2,1H3,(H2,12,16). The van der Waals surface area contributed by atoms with Crippen LogP contribution in [-0.2, 0) is 4.79 Å². The first-order valence-electron chi connectivity index (χ1n) is 5.37. The predicted octanol–water partition coefficient (Wildman–Crippen LogP) is 0.0916. The molecule has 1 amide bonds. The van der Waals surface area contributed by atoms with Crippen molar-refractivity contribution in [2.24, 2.45) is 5.73 Å². The van der Waals surface area contributed by atoms with Crippen molar-refractivity contribution in [3.63, 3.8) is 0 Å². The van der Waals surface area contributed by atoms with Crippen molar-refractivity contribution in [1.82, 2.24) is 5.32 Å². The van der Waals surface area contributed by atoms with Crippen LogP contribution in [-0.4, -0.2) is 28.6 Å². The number of nitrogens with one attached hydrogen (secondary N) is 1. The van der Waals surface area contributed by atoms with Crippen LogP contribution in [0.15, 0.2) is 24.3 Å². The number of carbonyl (C=O) groups excluding carboxylic acids is 1. The molecular formula is C11H15N3O4. The molecule has 7 heteroatoms. The fraction of sp³-hybridized carbons (Fsp3) is 0.364. The van der Waals surface area contributed by atoms with Gasteiger partial charge in [0.25, 0.3) is 5.69 Å². The fourth-order valence-electron chi connectivity index (χ4n) is 1.39. The van der Waals surface area contributed by atoms with Crippen LogP contribution in [0.1, 0.15) is 18.5 Å². The Morgan fingerprint density at radius 2 is 2.06 bits per heavy atom. The predicted molar refractivity (Wildman–Crippen MR) is 64.7 cm³/mol. The molecule has 2 unspecified atom stereocenters. The largest absolute Gasteiger partial charge is 0.382 e. The molecule has 0 bridgehead atoms. The lowest BCUT2D eigenvalue weighted by Gasteiger charge is -2.15. The highest BCUT2D eigenvalue weighted by atomic mass is 16.6. The smallest absolute Gasteiger partial charge is 0.269 e. The summed E-state index contributed by atoms with van der Waals surface area (Å²) in [4.78, 5) is 20.6. The maximum atomic E-state index is 10.6. The number of primary amides is 1. The molecule has 0 saturated carbocycles. The lowest BCUT2D eigenvalue weighted by molar-refractivity contribution is -0.384. The lowest BCUT2D eigenvalue weighted by Crippen LogP contribution is -2.38. The number of aliphatic hydroxyl groups is 1. The average Bonchev–Trinajstić information content (AvgIpc) is 2.35. The molecule has 4 N–H and O–H groups in total. The molecule has 1 aromatic rings. The van der Waals surface area contributed by atoms with Gasteiger partial charge in [0.05, 0.1) is 4.92 Å². The number of hydrogen-bond donors (Lipinski definition) is 3. The fourth-order valence-corrected chi connectivity index (χ4v) is 1.39. The van der Waals surface area contributed by atoms with Gasteiger partial charge in [-0.1, -0.05) is 12.1 Å². The number of carbonyl (C=O) groups is 1. The van der Waals surface area contributed by atoms with Crippen LogP contribution in [0.2, 0.25) is 0 Å². The molecule has 18 heavy (non-hydrogen) atoms. The topological polar surface area (TPSA) is 118 Å². The molecule has 0 aliphatic rings.